The minimum absolute atomic E-state index is 0.155. The summed E-state index contributed by atoms with van der Waals surface area (Å²) in [6, 6.07) is 8.46. The Kier molecular flexibility index (Phi) is 3.40. The minimum Gasteiger partial charge on any atom is -0.367 e. The van der Waals surface area contributed by atoms with Crippen molar-refractivity contribution in [3.05, 3.63) is 35.4 Å². The minimum atomic E-state index is 0.155. The normalized spacial score (nSPS) is 12.1. The second-order valence-corrected chi connectivity index (χ2v) is 6.29. The Hall–Kier alpha value is -1.77. The Morgan fingerprint density at radius 2 is 1.68 bits per heavy atom. The Morgan fingerprint density at radius 1 is 1.11 bits per heavy atom. The molecule has 2 aromatic rings. The molecule has 2 rings (SSSR count). The zero-order valence-electron chi connectivity index (χ0n) is 12.3. The fraction of sp³-hybridized carbons (Fsp3) is 0.438. The predicted molar refractivity (Wildman–Crippen MR) is 79.1 cm³/mol. The molecule has 1 heterocycles. The molecule has 0 fully saturated rings. The molecule has 0 aliphatic rings. The SMILES string of the molecule is CC(C)c1c(-c2ccc(C(C)(C)C)cc2)noc1N. The Morgan fingerprint density at radius 3 is 2.16 bits per heavy atom. The maximum atomic E-state index is 5.85. The molecular formula is C16H22N2O. The fourth-order valence-corrected chi connectivity index (χ4v) is 2.20. The van der Waals surface area contributed by atoms with E-state index in [0.29, 0.717) is 11.8 Å². The van der Waals surface area contributed by atoms with Gasteiger partial charge in [0.25, 0.3) is 0 Å². The van der Waals surface area contributed by atoms with Crippen LogP contribution < -0.4 is 5.73 Å². The number of hydrogen-bond donors (Lipinski definition) is 1. The average Bonchev–Trinajstić information content (AvgIpc) is 2.70. The van der Waals surface area contributed by atoms with Crippen LogP contribution in [0.1, 0.15) is 51.7 Å². The van der Waals surface area contributed by atoms with E-state index < -0.39 is 0 Å². The molecule has 0 aliphatic carbocycles. The van der Waals surface area contributed by atoms with Gasteiger partial charge in [0.1, 0.15) is 5.69 Å². The van der Waals surface area contributed by atoms with Crippen molar-refractivity contribution in [2.75, 3.05) is 5.73 Å². The topological polar surface area (TPSA) is 52.0 Å². The smallest absolute Gasteiger partial charge is 0.226 e. The molecule has 1 aromatic carbocycles. The van der Waals surface area contributed by atoms with Gasteiger partial charge in [-0.05, 0) is 16.9 Å². The highest BCUT2D eigenvalue weighted by atomic mass is 16.5. The van der Waals surface area contributed by atoms with Gasteiger partial charge in [0.15, 0.2) is 0 Å². The van der Waals surface area contributed by atoms with Crippen molar-refractivity contribution in [2.24, 2.45) is 0 Å². The van der Waals surface area contributed by atoms with Crippen LogP contribution in [-0.4, -0.2) is 5.16 Å². The van der Waals surface area contributed by atoms with Crippen molar-refractivity contribution < 1.29 is 4.52 Å². The molecule has 0 spiro atoms. The van der Waals surface area contributed by atoms with Crippen molar-refractivity contribution in [1.82, 2.24) is 5.16 Å². The maximum absolute atomic E-state index is 5.85. The van der Waals surface area contributed by atoms with Crippen molar-refractivity contribution >= 4 is 5.88 Å². The van der Waals surface area contributed by atoms with E-state index in [2.05, 4.69) is 64.0 Å². The summed E-state index contributed by atoms with van der Waals surface area (Å²) in [7, 11) is 0. The Labute approximate surface area is 114 Å². The summed E-state index contributed by atoms with van der Waals surface area (Å²) in [5, 5.41) is 4.10. The van der Waals surface area contributed by atoms with Gasteiger partial charge in [-0.1, -0.05) is 64.0 Å². The summed E-state index contributed by atoms with van der Waals surface area (Å²) in [6.45, 7) is 10.8. The largest absolute Gasteiger partial charge is 0.367 e. The van der Waals surface area contributed by atoms with Crippen LogP contribution in [-0.2, 0) is 5.41 Å². The fourth-order valence-electron chi connectivity index (χ4n) is 2.20. The first-order valence-electron chi connectivity index (χ1n) is 6.66. The molecule has 0 aliphatic heterocycles. The predicted octanol–water partition coefficient (Wildman–Crippen LogP) is 4.34. The first-order valence-corrected chi connectivity index (χ1v) is 6.66. The lowest BCUT2D eigenvalue weighted by atomic mass is 9.86. The first kappa shape index (κ1) is 13.7. The lowest BCUT2D eigenvalue weighted by molar-refractivity contribution is 0.438. The van der Waals surface area contributed by atoms with E-state index in [1.807, 2.05) is 0 Å². The summed E-state index contributed by atoms with van der Waals surface area (Å²) in [4.78, 5) is 0. The van der Waals surface area contributed by atoms with Crippen LogP contribution in [0.2, 0.25) is 0 Å². The number of rotatable bonds is 2. The molecule has 1 aromatic heterocycles. The molecular weight excluding hydrogens is 236 g/mol. The van der Waals surface area contributed by atoms with Crippen molar-refractivity contribution in [3.63, 3.8) is 0 Å². The molecule has 0 unspecified atom stereocenters. The zero-order valence-corrected chi connectivity index (χ0v) is 12.3. The number of nitrogens with zero attached hydrogens (tertiary/aromatic N) is 1. The van der Waals surface area contributed by atoms with Crippen molar-refractivity contribution in [2.45, 2.75) is 46.0 Å². The maximum Gasteiger partial charge on any atom is 0.226 e. The van der Waals surface area contributed by atoms with Gasteiger partial charge in [-0.15, -0.1) is 0 Å². The molecule has 102 valence electrons. The number of anilines is 1. The average molecular weight is 258 g/mol. The lowest BCUT2D eigenvalue weighted by Gasteiger charge is -2.19. The molecule has 0 bridgehead atoms. The number of aromatic nitrogens is 1. The van der Waals surface area contributed by atoms with Crippen LogP contribution in [0, 0.1) is 0 Å². The van der Waals surface area contributed by atoms with E-state index in [1.165, 1.54) is 5.56 Å². The van der Waals surface area contributed by atoms with Crippen LogP contribution in [0.4, 0.5) is 5.88 Å². The molecule has 2 N–H and O–H groups in total. The van der Waals surface area contributed by atoms with E-state index in [0.717, 1.165) is 16.8 Å². The van der Waals surface area contributed by atoms with Crippen molar-refractivity contribution in [1.29, 1.82) is 0 Å². The summed E-state index contributed by atoms with van der Waals surface area (Å²) < 4.78 is 5.14. The van der Waals surface area contributed by atoms with Gasteiger partial charge in [0, 0.05) is 11.1 Å². The molecule has 3 heteroatoms. The molecule has 19 heavy (non-hydrogen) atoms. The highest BCUT2D eigenvalue weighted by molar-refractivity contribution is 5.68. The van der Waals surface area contributed by atoms with Gasteiger partial charge in [-0.3, -0.25) is 0 Å². The molecule has 0 saturated carbocycles. The third-order valence-corrected chi connectivity index (χ3v) is 3.36. The van der Waals surface area contributed by atoms with Crippen LogP contribution in [0.25, 0.3) is 11.3 Å². The van der Waals surface area contributed by atoms with Crippen molar-refractivity contribution in [3.8, 4) is 11.3 Å². The zero-order chi connectivity index (χ0) is 14.2. The van der Waals surface area contributed by atoms with Crippen LogP contribution >= 0.6 is 0 Å². The van der Waals surface area contributed by atoms with E-state index in [9.17, 15) is 0 Å². The van der Waals surface area contributed by atoms with Crippen LogP contribution in [0.5, 0.6) is 0 Å². The van der Waals surface area contributed by atoms with Gasteiger partial charge < -0.3 is 10.3 Å². The second kappa shape index (κ2) is 4.72. The first-order chi connectivity index (χ1) is 8.80. The molecule has 0 amide bonds. The van der Waals surface area contributed by atoms with Gasteiger partial charge in [0.2, 0.25) is 5.88 Å². The van der Waals surface area contributed by atoms with Gasteiger partial charge in [-0.2, -0.15) is 0 Å². The van der Waals surface area contributed by atoms with E-state index in [1.54, 1.807) is 0 Å². The number of nitrogens with two attached hydrogens (primary N) is 1. The third-order valence-electron chi connectivity index (χ3n) is 3.36. The Bertz CT molecular complexity index is 559. The Balaban J connectivity index is 2.44. The van der Waals surface area contributed by atoms with E-state index in [4.69, 9.17) is 10.3 Å². The summed E-state index contributed by atoms with van der Waals surface area (Å²) >= 11 is 0. The highest BCUT2D eigenvalue weighted by Gasteiger charge is 2.19. The van der Waals surface area contributed by atoms with Crippen LogP contribution in [0.15, 0.2) is 28.8 Å². The standard InChI is InChI=1S/C16H22N2O/c1-10(2)13-14(18-19-15(13)17)11-6-8-12(9-7-11)16(3,4)5/h6-10H,17H2,1-5H3. The number of hydrogen-bond acceptors (Lipinski definition) is 3. The monoisotopic (exact) mass is 258 g/mol. The van der Waals surface area contributed by atoms with Gasteiger partial charge in [0.05, 0.1) is 0 Å². The molecule has 0 saturated heterocycles. The summed E-state index contributed by atoms with van der Waals surface area (Å²) in [5.74, 6) is 0.716. The van der Waals surface area contributed by atoms with Crippen LogP contribution in [0.3, 0.4) is 0 Å². The molecule has 0 radical (unpaired) electrons. The second-order valence-electron chi connectivity index (χ2n) is 6.29. The third kappa shape index (κ3) is 2.65. The lowest BCUT2D eigenvalue weighted by Crippen LogP contribution is -2.10. The highest BCUT2D eigenvalue weighted by Crippen LogP contribution is 2.33. The summed E-state index contributed by atoms with van der Waals surface area (Å²) in [6.07, 6.45) is 0. The summed E-state index contributed by atoms with van der Waals surface area (Å²) in [5.41, 5.74) is 10.2. The quantitative estimate of drug-likeness (QED) is 0.871. The van der Waals surface area contributed by atoms with E-state index in [-0.39, 0.29) is 5.41 Å². The number of benzene rings is 1. The molecule has 3 nitrogen and oxygen atoms in total. The van der Waals surface area contributed by atoms with E-state index >= 15 is 0 Å². The van der Waals surface area contributed by atoms with Gasteiger partial charge >= 0.3 is 0 Å². The van der Waals surface area contributed by atoms with Gasteiger partial charge in [-0.25, -0.2) is 0 Å². The molecule has 0 atom stereocenters. The number of nitrogen functional groups attached to an aromatic ring is 1.